The molecule has 32 heavy (non-hydrogen) atoms. The van der Waals surface area contributed by atoms with Gasteiger partial charge >= 0.3 is 5.97 Å². The first-order valence-corrected chi connectivity index (χ1v) is 9.83. The van der Waals surface area contributed by atoms with Crippen LogP contribution in [0.1, 0.15) is 39.8 Å². The number of esters is 1. The molecular weight excluding hydrogens is 412 g/mol. The van der Waals surface area contributed by atoms with Gasteiger partial charge in [0.15, 0.2) is 11.5 Å². The molecule has 0 fully saturated rings. The number of ether oxygens (including phenoxy) is 3. The Kier molecular flexibility index (Phi) is 7.85. The standard InChI is InChI=1S/C23H22N4O5/c1-3-12-31-18-7-5-17(6-8-18)23(29)32-20-9-4-16(13-21(20)30-2)14-26-27-22(28)19-15-24-10-11-25-19/h4-11,13-15H,3,12H2,1-2H3,(H,27,28). The third-order valence-electron chi connectivity index (χ3n) is 4.13. The van der Waals surface area contributed by atoms with Gasteiger partial charge < -0.3 is 14.2 Å². The van der Waals surface area contributed by atoms with Gasteiger partial charge in [0, 0.05) is 12.4 Å². The van der Waals surface area contributed by atoms with Crippen LogP contribution in [-0.4, -0.2) is 41.8 Å². The fourth-order valence-electron chi connectivity index (χ4n) is 2.55. The maximum Gasteiger partial charge on any atom is 0.343 e. The molecule has 2 aromatic carbocycles. The highest BCUT2D eigenvalue weighted by Crippen LogP contribution is 2.28. The second kappa shape index (κ2) is 11.2. The molecule has 0 unspecified atom stereocenters. The highest BCUT2D eigenvalue weighted by molar-refractivity contribution is 5.93. The van der Waals surface area contributed by atoms with Gasteiger partial charge in [0.25, 0.3) is 5.91 Å². The van der Waals surface area contributed by atoms with Gasteiger partial charge in [-0.1, -0.05) is 6.92 Å². The molecule has 0 aliphatic carbocycles. The van der Waals surface area contributed by atoms with Gasteiger partial charge in [0.2, 0.25) is 0 Å². The Morgan fingerprint density at radius 2 is 1.91 bits per heavy atom. The molecule has 9 nitrogen and oxygen atoms in total. The number of amides is 1. The molecule has 0 saturated heterocycles. The van der Waals surface area contributed by atoms with Crippen LogP contribution in [0.25, 0.3) is 0 Å². The van der Waals surface area contributed by atoms with Crippen LogP contribution in [0.2, 0.25) is 0 Å². The number of carbonyl (C=O) groups excluding carboxylic acids is 2. The van der Waals surface area contributed by atoms with E-state index in [4.69, 9.17) is 14.2 Å². The molecule has 1 heterocycles. The normalized spacial score (nSPS) is 10.6. The predicted molar refractivity (Wildman–Crippen MR) is 117 cm³/mol. The monoisotopic (exact) mass is 434 g/mol. The fourth-order valence-corrected chi connectivity index (χ4v) is 2.55. The number of methoxy groups -OCH3 is 1. The average Bonchev–Trinajstić information content (AvgIpc) is 2.84. The van der Waals surface area contributed by atoms with Crippen LogP contribution in [0.4, 0.5) is 0 Å². The van der Waals surface area contributed by atoms with Crippen LogP contribution >= 0.6 is 0 Å². The maximum atomic E-state index is 12.5. The fraction of sp³-hybridized carbons (Fsp3) is 0.174. The second-order valence-corrected chi connectivity index (χ2v) is 6.46. The van der Waals surface area contributed by atoms with E-state index < -0.39 is 11.9 Å². The molecule has 9 heteroatoms. The lowest BCUT2D eigenvalue weighted by molar-refractivity contribution is 0.0729. The highest BCUT2D eigenvalue weighted by Gasteiger charge is 2.13. The van der Waals surface area contributed by atoms with E-state index >= 15 is 0 Å². The summed E-state index contributed by atoms with van der Waals surface area (Å²) < 4.78 is 16.3. The molecule has 0 aliphatic rings. The summed E-state index contributed by atoms with van der Waals surface area (Å²) in [5, 5.41) is 3.89. The molecule has 0 radical (unpaired) electrons. The number of hydrazone groups is 1. The van der Waals surface area contributed by atoms with Crippen LogP contribution in [0.15, 0.2) is 66.2 Å². The second-order valence-electron chi connectivity index (χ2n) is 6.46. The van der Waals surface area contributed by atoms with Crippen LogP contribution in [-0.2, 0) is 0 Å². The van der Waals surface area contributed by atoms with Crippen LogP contribution in [0.5, 0.6) is 17.2 Å². The first kappa shape index (κ1) is 22.4. The summed E-state index contributed by atoms with van der Waals surface area (Å²) in [6.45, 7) is 2.63. The molecule has 0 bridgehead atoms. The number of rotatable bonds is 9. The van der Waals surface area contributed by atoms with Gasteiger partial charge in [0.1, 0.15) is 11.4 Å². The van der Waals surface area contributed by atoms with E-state index in [1.54, 1.807) is 42.5 Å². The molecule has 164 valence electrons. The minimum Gasteiger partial charge on any atom is -0.494 e. The molecule has 1 amide bonds. The Bertz CT molecular complexity index is 1090. The van der Waals surface area contributed by atoms with E-state index in [2.05, 4.69) is 20.5 Å². The van der Waals surface area contributed by atoms with Crippen molar-refractivity contribution < 1.29 is 23.8 Å². The Morgan fingerprint density at radius 1 is 1.09 bits per heavy atom. The Morgan fingerprint density at radius 3 is 2.59 bits per heavy atom. The maximum absolute atomic E-state index is 12.5. The number of hydrogen-bond donors (Lipinski definition) is 1. The topological polar surface area (TPSA) is 112 Å². The molecule has 3 aromatic rings. The van der Waals surface area contributed by atoms with Gasteiger partial charge in [0.05, 0.1) is 31.7 Å². The molecule has 0 saturated carbocycles. The minimum atomic E-state index is -0.525. The minimum absolute atomic E-state index is 0.148. The van der Waals surface area contributed by atoms with Crippen molar-refractivity contribution in [3.8, 4) is 17.2 Å². The molecule has 1 aromatic heterocycles. The van der Waals surface area contributed by atoms with Crippen molar-refractivity contribution in [3.05, 3.63) is 77.9 Å². The zero-order chi connectivity index (χ0) is 22.8. The number of benzene rings is 2. The van der Waals surface area contributed by atoms with Crippen molar-refractivity contribution in [2.75, 3.05) is 13.7 Å². The Balaban J connectivity index is 1.63. The van der Waals surface area contributed by atoms with Gasteiger partial charge in [-0.25, -0.2) is 15.2 Å². The lowest BCUT2D eigenvalue weighted by Gasteiger charge is -2.10. The summed E-state index contributed by atoms with van der Waals surface area (Å²) in [7, 11) is 1.46. The highest BCUT2D eigenvalue weighted by atomic mass is 16.6. The SMILES string of the molecule is CCCOc1ccc(C(=O)Oc2ccc(C=NNC(=O)c3cnccn3)cc2OC)cc1. The molecular formula is C23H22N4O5. The number of nitrogens with zero attached hydrogens (tertiary/aromatic N) is 3. The van der Waals surface area contributed by atoms with E-state index in [1.807, 2.05) is 6.92 Å². The van der Waals surface area contributed by atoms with Crippen molar-refractivity contribution in [3.63, 3.8) is 0 Å². The largest absolute Gasteiger partial charge is 0.494 e. The van der Waals surface area contributed by atoms with E-state index in [9.17, 15) is 9.59 Å². The number of aromatic nitrogens is 2. The quantitative estimate of drug-likeness (QED) is 0.238. The van der Waals surface area contributed by atoms with Crippen molar-refractivity contribution in [2.24, 2.45) is 5.10 Å². The van der Waals surface area contributed by atoms with Crippen LogP contribution < -0.4 is 19.6 Å². The lowest BCUT2D eigenvalue weighted by atomic mass is 10.2. The van der Waals surface area contributed by atoms with E-state index in [-0.39, 0.29) is 11.4 Å². The lowest BCUT2D eigenvalue weighted by Crippen LogP contribution is -2.19. The van der Waals surface area contributed by atoms with E-state index in [0.29, 0.717) is 29.2 Å². The van der Waals surface area contributed by atoms with Gasteiger partial charge in [-0.05, 0) is 54.4 Å². The molecule has 0 atom stereocenters. The van der Waals surface area contributed by atoms with Crippen molar-refractivity contribution in [1.29, 1.82) is 0 Å². The van der Waals surface area contributed by atoms with Crippen LogP contribution in [0.3, 0.4) is 0 Å². The van der Waals surface area contributed by atoms with Crippen molar-refractivity contribution in [1.82, 2.24) is 15.4 Å². The first-order valence-electron chi connectivity index (χ1n) is 9.83. The van der Waals surface area contributed by atoms with Gasteiger partial charge in [-0.3, -0.25) is 9.78 Å². The summed E-state index contributed by atoms with van der Waals surface area (Å²) in [6.07, 6.45) is 6.55. The summed E-state index contributed by atoms with van der Waals surface area (Å²) in [5.41, 5.74) is 3.52. The summed E-state index contributed by atoms with van der Waals surface area (Å²) in [6, 6.07) is 11.6. The van der Waals surface area contributed by atoms with E-state index in [1.165, 1.54) is 31.9 Å². The van der Waals surface area contributed by atoms with Crippen molar-refractivity contribution >= 4 is 18.1 Å². The molecule has 0 aliphatic heterocycles. The van der Waals surface area contributed by atoms with Gasteiger partial charge in [-0.15, -0.1) is 0 Å². The third kappa shape index (κ3) is 6.11. The number of carbonyl (C=O) groups is 2. The molecule has 0 spiro atoms. The Hall–Kier alpha value is -4.27. The number of nitrogens with one attached hydrogen (secondary N) is 1. The zero-order valence-electron chi connectivity index (χ0n) is 17.6. The summed E-state index contributed by atoms with van der Waals surface area (Å²) >= 11 is 0. The third-order valence-corrected chi connectivity index (χ3v) is 4.13. The summed E-state index contributed by atoms with van der Waals surface area (Å²) in [5.74, 6) is 0.270. The Labute approximate surface area is 185 Å². The van der Waals surface area contributed by atoms with Gasteiger partial charge in [-0.2, -0.15) is 5.10 Å². The number of hydrogen-bond acceptors (Lipinski definition) is 8. The molecule has 3 rings (SSSR count). The van der Waals surface area contributed by atoms with Crippen LogP contribution in [0, 0.1) is 0 Å². The zero-order valence-corrected chi connectivity index (χ0v) is 17.6. The smallest absolute Gasteiger partial charge is 0.343 e. The average molecular weight is 434 g/mol. The first-order chi connectivity index (χ1) is 15.6. The van der Waals surface area contributed by atoms with E-state index in [0.717, 1.165) is 6.42 Å². The predicted octanol–water partition coefficient (Wildman–Crippen LogP) is 3.26. The summed E-state index contributed by atoms with van der Waals surface area (Å²) in [4.78, 5) is 32.1. The molecule has 1 N–H and O–H groups in total. The van der Waals surface area contributed by atoms with Crippen molar-refractivity contribution in [2.45, 2.75) is 13.3 Å².